The quantitative estimate of drug-likeness (QED) is 0.809. The third-order valence-corrected chi connectivity index (χ3v) is 4.72. The van der Waals surface area contributed by atoms with E-state index >= 15 is 0 Å². The molecule has 2 rings (SSSR count). The summed E-state index contributed by atoms with van der Waals surface area (Å²) < 4.78 is 22.4. The van der Waals surface area contributed by atoms with E-state index in [9.17, 15) is 13.2 Å². The van der Waals surface area contributed by atoms with Gasteiger partial charge in [0.15, 0.2) is 0 Å². The van der Waals surface area contributed by atoms with Crippen LogP contribution in [0, 0.1) is 0 Å². The van der Waals surface area contributed by atoms with Crippen LogP contribution in [-0.4, -0.2) is 33.4 Å². The minimum atomic E-state index is -3.94. The van der Waals surface area contributed by atoms with Gasteiger partial charge in [0, 0.05) is 19.7 Å². The van der Waals surface area contributed by atoms with Crippen molar-refractivity contribution in [1.82, 2.24) is 10.4 Å². The molecule has 0 spiro atoms. The molecule has 130 valence electrons. The normalized spacial score (nSPS) is 14.8. The second-order valence-electron chi connectivity index (χ2n) is 5.65. The molecule has 0 unspecified atom stereocenters. The molecule has 0 atom stereocenters. The molecule has 0 heterocycles. The summed E-state index contributed by atoms with van der Waals surface area (Å²) in [5.41, 5.74) is 2.63. The number of primary sulfonamides is 1. The molecular formula is C15H24ClN3O3S. The molecule has 0 aromatic heterocycles. The van der Waals surface area contributed by atoms with E-state index in [1.54, 1.807) is 14.1 Å². The molecule has 1 fully saturated rings. The molecule has 1 aromatic rings. The summed E-state index contributed by atoms with van der Waals surface area (Å²) in [6, 6.07) is 3.86. The highest BCUT2D eigenvalue weighted by atomic mass is 35.5. The molecule has 3 N–H and O–H groups in total. The van der Waals surface area contributed by atoms with Crippen LogP contribution in [0.4, 0.5) is 0 Å². The van der Waals surface area contributed by atoms with Crippen LogP contribution in [0.5, 0.6) is 0 Å². The van der Waals surface area contributed by atoms with Gasteiger partial charge in [0.1, 0.15) is 4.90 Å². The lowest BCUT2D eigenvalue weighted by Crippen LogP contribution is -2.36. The Morgan fingerprint density at radius 3 is 2.00 bits per heavy atom. The number of benzene rings is 1. The van der Waals surface area contributed by atoms with E-state index in [2.05, 4.69) is 5.43 Å². The van der Waals surface area contributed by atoms with Gasteiger partial charge in [-0.3, -0.25) is 10.2 Å². The zero-order chi connectivity index (χ0) is 17.5. The van der Waals surface area contributed by atoms with Gasteiger partial charge in [0.05, 0.1) is 5.02 Å². The lowest BCUT2D eigenvalue weighted by Gasteiger charge is -2.12. The number of amides is 1. The highest BCUT2D eigenvalue weighted by Crippen LogP contribution is 2.21. The monoisotopic (exact) mass is 361 g/mol. The Balaban J connectivity index is 0.000000366. The number of halogens is 1. The fourth-order valence-corrected chi connectivity index (χ4v) is 3.26. The average Bonchev–Trinajstić information content (AvgIpc) is 2.48. The number of carbonyl (C=O) groups excluding carboxylic acids is 1. The van der Waals surface area contributed by atoms with Crippen LogP contribution >= 0.6 is 11.6 Å². The third-order valence-electron chi connectivity index (χ3n) is 3.33. The zero-order valence-corrected chi connectivity index (χ0v) is 15.1. The van der Waals surface area contributed by atoms with Gasteiger partial charge in [-0.05, 0) is 18.2 Å². The van der Waals surface area contributed by atoms with Gasteiger partial charge in [-0.2, -0.15) is 0 Å². The van der Waals surface area contributed by atoms with Crippen molar-refractivity contribution in [2.24, 2.45) is 5.14 Å². The first kappa shape index (κ1) is 19.9. The summed E-state index contributed by atoms with van der Waals surface area (Å²) in [5, 5.41) is 6.39. The number of hydrazine groups is 1. The fourth-order valence-electron chi connectivity index (χ4n) is 2.19. The Labute approximate surface area is 143 Å². The Hall–Kier alpha value is -1.15. The van der Waals surface area contributed by atoms with Crippen LogP contribution < -0.4 is 10.6 Å². The SMILES string of the molecule is C1CCCCC1.CN(C)NC(=O)c1ccc(Cl)c(S(N)(=O)=O)c1. The first-order valence-corrected chi connectivity index (χ1v) is 9.45. The van der Waals surface area contributed by atoms with E-state index < -0.39 is 15.9 Å². The molecule has 1 amide bonds. The van der Waals surface area contributed by atoms with Crippen LogP contribution in [0.15, 0.2) is 23.1 Å². The number of rotatable bonds is 3. The molecule has 8 heteroatoms. The maximum atomic E-state index is 11.6. The van der Waals surface area contributed by atoms with Gasteiger partial charge in [-0.15, -0.1) is 0 Å². The van der Waals surface area contributed by atoms with Crippen molar-refractivity contribution < 1.29 is 13.2 Å². The number of nitrogens with zero attached hydrogens (tertiary/aromatic N) is 1. The standard InChI is InChI=1S/C9H12ClN3O3S.C6H12/c1-13(2)12-9(14)6-3-4-7(10)8(5-6)17(11,15)16;1-2-4-6-5-3-1/h3-5H,1-2H3,(H,12,14)(H2,11,15,16);1-6H2. The molecule has 1 aromatic carbocycles. The summed E-state index contributed by atoms with van der Waals surface area (Å²) in [6.45, 7) is 0. The lowest BCUT2D eigenvalue weighted by atomic mass is 10.0. The summed E-state index contributed by atoms with van der Waals surface area (Å²) >= 11 is 5.69. The van der Waals surface area contributed by atoms with Crippen molar-refractivity contribution in [2.75, 3.05) is 14.1 Å². The fraction of sp³-hybridized carbons (Fsp3) is 0.533. The summed E-state index contributed by atoms with van der Waals surface area (Å²) in [6.07, 6.45) is 9.00. The van der Waals surface area contributed by atoms with E-state index in [0.29, 0.717) is 0 Å². The van der Waals surface area contributed by atoms with Gasteiger partial charge in [0.2, 0.25) is 10.0 Å². The largest absolute Gasteiger partial charge is 0.285 e. The molecule has 0 bridgehead atoms. The number of hydrogen-bond donors (Lipinski definition) is 2. The van der Waals surface area contributed by atoms with E-state index in [0.717, 1.165) is 6.07 Å². The second-order valence-corrected chi connectivity index (χ2v) is 7.58. The topological polar surface area (TPSA) is 92.5 Å². The molecule has 1 aliphatic rings. The Morgan fingerprint density at radius 2 is 1.61 bits per heavy atom. The van der Waals surface area contributed by atoms with Crippen molar-refractivity contribution in [2.45, 2.75) is 43.4 Å². The Bertz CT molecular complexity index is 617. The van der Waals surface area contributed by atoms with Crippen LogP contribution in [0.2, 0.25) is 5.02 Å². The maximum Gasteiger partial charge on any atom is 0.265 e. The smallest absolute Gasteiger partial charge is 0.265 e. The van der Waals surface area contributed by atoms with E-state index in [4.69, 9.17) is 16.7 Å². The van der Waals surface area contributed by atoms with Crippen molar-refractivity contribution >= 4 is 27.5 Å². The average molecular weight is 362 g/mol. The van der Waals surface area contributed by atoms with Gasteiger partial charge in [-0.25, -0.2) is 18.6 Å². The van der Waals surface area contributed by atoms with Gasteiger partial charge in [-0.1, -0.05) is 50.1 Å². The van der Waals surface area contributed by atoms with Crippen LogP contribution in [0.3, 0.4) is 0 Å². The predicted molar refractivity (Wildman–Crippen MR) is 91.7 cm³/mol. The number of nitrogens with one attached hydrogen (secondary N) is 1. The van der Waals surface area contributed by atoms with Gasteiger partial charge >= 0.3 is 0 Å². The van der Waals surface area contributed by atoms with Crippen molar-refractivity contribution in [1.29, 1.82) is 0 Å². The zero-order valence-electron chi connectivity index (χ0n) is 13.5. The third kappa shape index (κ3) is 7.30. The van der Waals surface area contributed by atoms with Crippen molar-refractivity contribution in [3.8, 4) is 0 Å². The molecule has 6 nitrogen and oxygen atoms in total. The molecule has 0 radical (unpaired) electrons. The van der Waals surface area contributed by atoms with Gasteiger partial charge in [0.25, 0.3) is 5.91 Å². The first-order chi connectivity index (χ1) is 10.7. The molecular weight excluding hydrogens is 338 g/mol. The molecule has 23 heavy (non-hydrogen) atoms. The highest BCUT2D eigenvalue weighted by Gasteiger charge is 2.16. The van der Waals surface area contributed by atoms with E-state index in [-0.39, 0.29) is 15.5 Å². The van der Waals surface area contributed by atoms with Crippen molar-refractivity contribution in [3.05, 3.63) is 28.8 Å². The Kier molecular flexibility index (Phi) is 7.98. The highest BCUT2D eigenvalue weighted by molar-refractivity contribution is 7.89. The summed E-state index contributed by atoms with van der Waals surface area (Å²) in [5.74, 6) is -0.448. The van der Waals surface area contributed by atoms with Crippen LogP contribution in [-0.2, 0) is 10.0 Å². The maximum absolute atomic E-state index is 11.6. The number of carbonyl (C=O) groups is 1. The van der Waals surface area contributed by atoms with Crippen LogP contribution in [0.25, 0.3) is 0 Å². The van der Waals surface area contributed by atoms with Crippen molar-refractivity contribution in [3.63, 3.8) is 0 Å². The minimum absolute atomic E-state index is 0.0195. The second kappa shape index (κ2) is 9.22. The molecule has 0 aliphatic heterocycles. The minimum Gasteiger partial charge on any atom is -0.285 e. The molecule has 1 aliphatic carbocycles. The predicted octanol–water partition coefficient (Wildman–Crippen LogP) is 2.53. The Morgan fingerprint density at radius 1 is 1.13 bits per heavy atom. The number of nitrogens with two attached hydrogens (primary N) is 1. The first-order valence-electron chi connectivity index (χ1n) is 7.52. The number of hydrogen-bond acceptors (Lipinski definition) is 4. The molecule has 0 saturated heterocycles. The molecule has 1 saturated carbocycles. The number of sulfonamides is 1. The van der Waals surface area contributed by atoms with Crippen LogP contribution in [0.1, 0.15) is 48.9 Å². The van der Waals surface area contributed by atoms with E-state index in [1.807, 2.05) is 0 Å². The summed E-state index contributed by atoms with van der Waals surface area (Å²) in [4.78, 5) is 11.3. The lowest BCUT2D eigenvalue weighted by molar-refractivity contribution is 0.0856. The summed E-state index contributed by atoms with van der Waals surface area (Å²) in [7, 11) is -0.677. The van der Waals surface area contributed by atoms with E-state index in [1.165, 1.54) is 55.7 Å². The van der Waals surface area contributed by atoms with Gasteiger partial charge < -0.3 is 0 Å².